The van der Waals surface area contributed by atoms with Gasteiger partial charge >= 0.3 is 0 Å². The molecule has 0 spiro atoms. The van der Waals surface area contributed by atoms with Crippen molar-refractivity contribution in [3.05, 3.63) is 55.0 Å². The summed E-state index contributed by atoms with van der Waals surface area (Å²) in [5.74, 6) is 0. The minimum Gasteiger partial charge on any atom is -0.314 e. The van der Waals surface area contributed by atoms with Gasteiger partial charge < -0.3 is 9.38 Å². The van der Waals surface area contributed by atoms with Gasteiger partial charge in [0.2, 0.25) is 0 Å². The maximum absolute atomic E-state index is 4.46. The van der Waals surface area contributed by atoms with Gasteiger partial charge in [-0.1, -0.05) is 5.39 Å². The standard InChI is InChI=1S/C14H8N3.Ir/c1-2-5-11-10(4-1)13-12(6-3-7-15-13)17-9-8-16-14(11)17;/h1-3,5-9H;/q-1;. The van der Waals surface area contributed by atoms with Crippen molar-refractivity contribution in [2.75, 3.05) is 0 Å². The largest absolute Gasteiger partial charge is 0.314 e. The first kappa shape index (κ1) is 11.3. The summed E-state index contributed by atoms with van der Waals surface area (Å²) in [7, 11) is 0. The number of hydrogen-bond acceptors (Lipinski definition) is 2. The zero-order valence-electron chi connectivity index (χ0n) is 9.29. The summed E-state index contributed by atoms with van der Waals surface area (Å²) in [6, 6.07) is 13.2. The SMILES string of the molecule is [Ir].[c-]1cccc2c1c1ncccc1n1ccnc21. The van der Waals surface area contributed by atoms with Crippen molar-refractivity contribution in [3.63, 3.8) is 0 Å². The van der Waals surface area contributed by atoms with Gasteiger partial charge in [-0.3, -0.25) is 0 Å². The summed E-state index contributed by atoms with van der Waals surface area (Å²) in [5, 5.41) is 2.12. The monoisotopic (exact) mass is 411 g/mol. The molecule has 0 fully saturated rings. The average molecular weight is 410 g/mol. The summed E-state index contributed by atoms with van der Waals surface area (Å²) in [6.07, 6.45) is 5.59. The Labute approximate surface area is 117 Å². The van der Waals surface area contributed by atoms with E-state index in [0.29, 0.717) is 0 Å². The summed E-state index contributed by atoms with van der Waals surface area (Å²) >= 11 is 0. The van der Waals surface area contributed by atoms with Crippen LogP contribution in [0.15, 0.2) is 48.9 Å². The molecule has 1 radical (unpaired) electrons. The molecule has 0 N–H and O–H groups in total. The molecule has 0 unspecified atom stereocenters. The Morgan fingerprint density at radius 1 is 1.06 bits per heavy atom. The fraction of sp³-hybridized carbons (Fsp3) is 0. The fourth-order valence-corrected chi connectivity index (χ4v) is 2.30. The molecule has 89 valence electrons. The molecular formula is C14H8IrN3-. The van der Waals surface area contributed by atoms with Crippen molar-refractivity contribution in [2.45, 2.75) is 0 Å². The molecule has 0 amide bonds. The van der Waals surface area contributed by atoms with E-state index in [9.17, 15) is 0 Å². The molecule has 0 aliphatic carbocycles. The van der Waals surface area contributed by atoms with Crippen LogP contribution >= 0.6 is 0 Å². The Hall–Kier alpha value is -1.77. The van der Waals surface area contributed by atoms with E-state index < -0.39 is 0 Å². The first-order chi connectivity index (χ1) is 8.45. The molecular weight excluding hydrogens is 402 g/mol. The number of rotatable bonds is 0. The van der Waals surface area contributed by atoms with Crippen LogP contribution in [0.4, 0.5) is 0 Å². The van der Waals surface area contributed by atoms with Crippen LogP contribution in [0.2, 0.25) is 0 Å². The van der Waals surface area contributed by atoms with E-state index in [2.05, 4.69) is 32.6 Å². The Kier molecular flexibility index (Phi) is 2.62. The summed E-state index contributed by atoms with van der Waals surface area (Å²) in [4.78, 5) is 8.87. The number of pyridine rings is 2. The van der Waals surface area contributed by atoms with Gasteiger partial charge in [-0.15, -0.1) is 29.7 Å². The van der Waals surface area contributed by atoms with Crippen LogP contribution in [0, 0.1) is 6.07 Å². The molecule has 4 heteroatoms. The van der Waals surface area contributed by atoms with Gasteiger partial charge in [-0.05, 0) is 12.1 Å². The molecule has 0 aliphatic rings. The van der Waals surface area contributed by atoms with E-state index in [1.54, 1.807) is 0 Å². The van der Waals surface area contributed by atoms with E-state index in [0.717, 1.165) is 27.5 Å². The van der Waals surface area contributed by atoms with E-state index in [4.69, 9.17) is 0 Å². The second kappa shape index (κ2) is 4.16. The van der Waals surface area contributed by atoms with Gasteiger partial charge in [0.05, 0.1) is 0 Å². The van der Waals surface area contributed by atoms with Crippen molar-refractivity contribution in [3.8, 4) is 0 Å². The van der Waals surface area contributed by atoms with Crippen molar-refractivity contribution < 1.29 is 20.1 Å². The molecule has 4 rings (SSSR count). The first-order valence-electron chi connectivity index (χ1n) is 5.45. The fourth-order valence-electron chi connectivity index (χ4n) is 2.30. The second-order valence-electron chi connectivity index (χ2n) is 3.95. The maximum atomic E-state index is 4.46. The predicted octanol–water partition coefficient (Wildman–Crippen LogP) is 2.83. The van der Waals surface area contributed by atoms with E-state index in [-0.39, 0.29) is 20.1 Å². The van der Waals surface area contributed by atoms with Gasteiger partial charge in [0.15, 0.2) is 0 Å². The summed E-state index contributed by atoms with van der Waals surface area (Å²) < 4.78 is 2.07. The minimum atomic E-state index is 0. The van der Waals surface area contributed by atoms with Crippen molar-refractivity contribution in [1.29, 1.82) is 0 Å². The van der Waals surface area contributed by atoms with Crippen molar-refractivity contribution >= 4 is 27.5 Å². The van der Waals surface area contributed by atoms with E-state index in [1.807, 2.05) is 36.8 Å². The summed E-state index contributed by atoms with van der Waals surface area (Å²) in [6.45, 7) is 0. The molecule has 3 heterocycles. The number of imidazole rings is 1. The maximum Gasteiger partial charge on any atom is 0.100 e. The number of fused-ring (bicyclic) bond motifs is 6. The molecule has 0 saturated heterocycles. The van der Waals surface area contributed by atoms with Gasteiger partial charge in [0.25, 0.3) is 0 Å². The van der Waals surface area contributed by atoms with Crippen LogP contribution in [-0.2, 0) is 20.1 Å². The number of benzene rings is 1. The van der Waals surface area contributed by atoms with Crippen molar-refractivity contribution in [1.82, 2.24) is 14.4 Å². The number of nitrogens with zero attached hydrogens (tertiary/aromatic N) is 3. The normalized spacial score (nSPS) is 10.9. The van der Waals surface area contributed by atoms with E-state index >= 15 is 0 Å². The molecule has 0 aliphatic heterocycles. The third-order valence-electron chi connectivity index (χ3n) is 3.02. The van der Waals surface area contributed by atoms with E-state index in [1.165, 1.54) is 0 Å². The van der Waals surface area contributed by atoms with Gasteiger partial charge in [0.1, 0.15) is 5.65 Å². The van der Waals surface area contributed by atoms with Crippen LogP contribution in [0.3, 0.4) is 0 Å². The zero-order valence-corrected chi connectivity index (χ0v) is 11.7. The molecule has 3 aromatic heterocycles. The minimum absolute atomic E-state index is 0. The topological polar surface area (TPSA) is 30.2 Å². The number of hydrogen-bond donors (Lipinski definition) is 0. The van der Waals surface area contributed by atoms with Crippen LogP contribution in [0.5, 0.6) is 0 Å². The van der Waals surface area contributed by atoms with Crippen LogP contribution < -0.4 is 0 Å². The Balaban J connectivity index is 0.000001000. The molecule has 3 nitrogen and oxygen atoms in total. The average Bonchev–Trinajstić information content (AvgIpc) is 2.89. The predicted molar refractivity (Wildman–Crippen MR) is 66.8 cm³/mol. The molecule has 0 bridgehead atoms. The molecule has 4 aromatic rings. The number of aromatic nitrogens is 3. The second-order valence-corrected chi connectivity index (χ2v) is 3.95. The van der Waals surface area contributed by atoms with Crippen LogP contribution in [-0.4, -0.2) is 14.4 Å². The Morgan fingerprint density at radius 2 is 2.00 bits per heavy atom. The smallest absolute Gasteiger partial charge is 0.100 e. The van der Waals surface area contributed by atoms with Gasteiger partial charge in [-0.2, -0.15) is 0 Å². The third kappa shape index (κ3) is 1.40. The molecule has 0 atom stereocenters. The third-order valence-corrected chi connectivity index (χ3v) is 3.02. The molecule has 0 saturated carbocycles. The quantitative estimate of drug-likeness (QED) is 0.330. The van der Waals surface area contributed by atoms with Crippen molar-refractivity contribution in [2.24, 2.45) is 0 Å². The van der Waals surface area contributed by atoms with Crippen LogP contribution in [0.25, 0.3) is 27.5 Å². The van der Waals surface area contributed by atoms with Crippen LogP contribution in [0.1, 0.15) is 0 Å². The first-order valence-corrected chi connectivity index (χ1v) is 5.45. The van der Waals surface area contributed by atoms with Gasteiger partial charge in [-0.25, -0.2) is 4.98 Å². The molecule has 1 aromatic carbocycles. The Morgan fingerprint density at radius 3 is 2.94 bits per heavy atom. The van der Waals surface area contributed by atoms with Gasteiger partial charge in [0, 0.05) is 49.7 Å². The zero-order chi connectivity index (χ0) is 11.2. The Bertz CT molecular complexity index is 781. The molecule has 18 heavy (non-hydrogen) atoms. The summed E-state index contributed by atoms with van der Waals surface area (Å²) in [5.41, 5.74) is 2.99.